The molecule has 146 valence electrons. The number of carbonyl (C=O) groups is 3. The van der Waals surface area contributed by atoms with E-state index in [1.807, 2.05) is 0 Å². The van der Waals surface area contributed by atoms with Crippen LogP contribution in [0.15, 0.2) is 23.8 Å². The van der Waals surface area contributed by atoms with Crippen molar-refractivity contribution in [1.82, 2.24) is 0 Å². The Bertz CT molecular complexity index is 702. The maximum atomic E-state index is 12.5. The van der Waals surface area contributed by atoms with E-state index in [0.29, 0.717) is 12.8 Å². The first-order chi connectivity index (χ1) is 12.8. The third-order valence-electron chi connectivity index (χ3n) is 6.60. The first kappa shape index (κ1) is 18.4. The Kier molecular flexibility index (Phi) is 4.70. The van der Waals surface area contributed by atoms with E-state index < -0.39 is 18.2 Å². The van der Waals surface area contributed by atoms with Crippen LogP contribution in [0.5, 0.6) is 0 Å². The summed E-state index contributed by atoms with van der Waals surface area (Å²) in [7, 11) is 0. The number of esters is 2. The molecule has 2 aliphatic heterocycles. The van der Waals surface area contributed by atoms with E-state index in [0.717, 1.165) is 6.42 Å². The minimum absolute atomic E-state index is 0.0528. The molecule has 5 rings (SSSR count). The van der Waals surface area contributed by atoms with Gasteiger partial charge in [0, 0.05) is 25.7 Å². The highest BCUT2D eigenvalue weighted by Gasteiger charge is 2.49. The quantitative estimate of drug-likeness (QED) is 0.429. The molecule has 3 aliphatic carbocycles. The molecule has 27 heavy (non-hydrogen) atoms. The van der Waals surface area contributed by atoms with E-state index in [4.69, 9.17) is 9.47 Å². The zero-order chi connectivity index (χ0) is 19.3. The molecule has 6 heteroatoms. The molecule has 0 aromatic carbocycles. The summed E-state index contributed by atoms with van der Waals surface area (Å²) in [6, 6.07) is 0. The summed E-state index contributed by atoms with van der Waals surface area (Å²) < 4.78 is 11.0. The second-order valence-corrected chi connectivity index (χ2v) is 8.51. The van der Waals surface area contributed by atoms with Crippen LogP contribution in [-0.2, 0) is 23.9 Å². The zero-order valence-corrected chi connectivity index (χ0v) is 15.7. The van der Waals surface area contributed by atoms with Gasteiger partial charge in [-0.15, -0.1) is 0 Å². The molecule has 1 saturated heterocycles. The SMILES string of the molecule is CC(=O)OC1C(C)CC2C3C=C4C(=O)CC(CC(O)CC3C=CC21)OC4=O. The van der Waals surface area contributed by atoms with Crippen molar-refractivity contribution in [3.63, 3.8) is 0 Å². The van der Waals surface area contributed by atoms with Crippen LogP contribution in [0.4, 0.5) is 0 Å². The lowest BCUT2D eigenvalue weighted by Crippen LogP contribution is -2.40. The molecule has 0 aromatic heterocycles. The van der Waals surface area contributed by atoms with Crippen molar-refractivity contribution >= 4 is 17.7 Å². The molecule has 2 bridgehead atoms. The number of ether oxygens (including phenoxy) is 2. The van der Waals surface area contributed by atoms with Crippen LogP contribution >= 0.6 is 0 Å². The third-order valence-corrected chi connectivity index (χ3v) is 6.60. The number of aliphatic hydroxyl groups excluding tert-OH is 1. The highest BCUT2D eigenvalue weighted by atomic mass is 16.5. The fourth-order valence-electron chi connectivity index (χ4n) is 5.48. The van der Waals surface area contributed by atoms with Gasteiger partial charge in [-0.2, -0.15) is 0 Å². The van der Waals surface area contributed by atoms with Crippen molar-refractivity contribution in [3.8, 4) is 0 Å². The van der Waals surface area contributed by atoms with E-state index in [1.165, 1.54) is 6.92 Å². The molecule has 0 radical (unpaired) electrons. The maximum absolute atomic E-state index is 12.5. The molecule has 1 N–H and O–H groups in total. The summed E-state index contributed by atoms with van der Waals surface area (Å²) >= 11 is 0. The Morgan fingerprint density at radius 3 is 2.67 bits per heavy atom. The molecule has 0 aromatic rings. The van der Waals surface area contributed by atoms with Gasteiger partial charge >= 0.3 is 11.9 Å². The van der Waals surface area contributed by atoms with Crippen LogP contribution in [-0.4, -0.2) is 41.1 Å². The van der Waals surface area contributed by atoms with Gasteiger partial charge in [0.25, 0.3) is 0 Å². The summed E-state index contributed by atoms with van der Waals surface area (Å²) in [5.74, 6) is -0.642. The van der Waals surface area contributed by atoms with Crippen molar-refractivity contribution in [2.24, 2.45) is 29.6 Å². The number of allylic oxidation sites excluding steroid dienone is 2. The molecule has 2 heterocycles. The fraction of sp³-hybridized carbons (Fsp3) is 0.667. The smallest absolute Gasteiger partial charge is 0.341 e. The standard InChI is InChI=1S/C21H26O6/c1-10-5-17-15(20(10)26-11(2)22)4-3-12-6-13(23)7-14-8-19(24)18(9-16(12)17)21(25)27-14/h3-4,9-10,12-17,20,23H,5-8H2,1-2H3. The Labute approximate surface area is 158 Å². The van der Waals surface area contributed by atoms with Crippen molar-refractivity contribution in [2.75, 3.05) is 0 Å². The minimum Gasteiger partial charge on any atom is -0.462 e. The first-order valence-electron chi connectivity index (χ1n) is 9.83. The van der Waals surface area contributed by atoms with Gasteiger partial charge in [-0.25, -0.2) is 4.79 Å². The van der Waals surface area contributed by atoms with E-state index in [1.54, 1.807) is 6.08 Å². The van der Waals surface area contributed by atoms with Crippen LogP contribution in [0.1, 0.15) is 39.5 Å². The molecule has 8 unspecified atom stereocenters. The lowest BCUT2D eigenvalue weighted by Gasteiger charge is -2.38. The highest BCUT2D eigenvalue weighted by Crippen LogP contribution is 2.50. The molecule has 1 saturated carbocycles. The lowest BCUT2D eigenvalue weighted by atomic mass is 9.68. The highest BCUT2D eigenvalue weighted by molar-refractivity contribution is 6.18. The predicted octanol–water partition coefficient (Wildman–Crippen LogP) is 1.96. The summed E-state index contributed by atoms with van der Waals surface area (Å²) in [5, 5.41) is 10.5. The average molecular weight is 374 g/mol. The van der Waals surface area contributed by atoms with Gasteiger partial charge in [-0.05, 0) is 36.5 Å². The molecule has 8 atom stereocenters. The second kappa shape index (κ2) is 6.89. The largest absolute Gasteiger partial charge is 0.462 e. The van der Waals surface area contributed by atoms with Crippen LogP contribution in [0.3, 0.4) is 0 Å². The molecule has 6 nitrogen and oxygen atoms in total. The molecular formula is C21H26O6. The Morgan fingerprint density at radius 1 is 1.19 bits per heavy atom. The number of carbonyl (C=O) groups excluding carboxylic acids is 3. The Morgan fingerprint density at radius 2 is 1.96 bits per heavy atom. The molecule has 0 spiro atoms. The van der Waals surface area contributed by atoms with Gasteiger partial charge < -0.3 is 14.6 Å². The Balaban J connectivity index is 1.72. The number of rotatable bonds is 1. The summed E-state index contributed by atoms with van der Waals surface area (Å²) in [6.45, 7) is 3.49. The van der Waals surface area contributed by atoms with E-state index >= 15 is 0 Å². The van der Waals surface area contributed by atoms with Gasteiger partial charge in [0.05, 0.1) is 11.7 Å². The number of hydrogen-bond donors (Lipinski definition) is 1. The van der Waals surface area contributed by atoms with Gasteiger partial charge in [0.2, 0.25) is 0 Å². The van der Waals surface area contributed by atoms with Crippen LogP contribution in [0, 0.1) is 29.6 Å². The zero-order valence-electron chi connectivity index (χ0n) is 15.7. The van der Waals surface area contributed by atoms with Crippen LogP contribution in [0.25, 0.3) is 0 Å². The van der Waals surface area contributed by atoms with Gasteiger partial charge in [0.1, 0.15) is 12.2 Å². The topological polar surface area (TPSA) is 89.9 Å². The van der Waals surface area contributed by atoms with Gasteiger partial charge in [-0.3, -0.25) is 9.59 Å². The number of aliphatic hydroxyl groups is 1. The van der Waals surface area contributed by atoms with E-state index in [9.17, 15) is 19.5 Å². The second-order valence-electron chi connectivity index (χ2n) is 8.51. The van der Waals surface area contributed by atoms with Crippen LogP contribution < -0.4 is 0 Å². The summed E-state index contributed by atoms with van der Waals surface area (Å²) in [6.07, 6.45) is 6.47. The Hall–Kier alpha value is -1.95. The summed E-state index contributed by atoms with van der Waals surface area (Å²) in [5.41, 5.74) is 0.148. The average Bonchev–Trinajstić information content (AvgIpc) is 2.87. The summed E-state index contributed by atoms with van der Waals surface area (Å²) in [4.78, 5) is 36.4. The first-order valence-corrected chi connectivity index (χ1v) is 9.83. The van der Waals surface area contributed by atoms with Crippen molar-refractivity contribution < 1.29 is 29.0 Å². The van der Waals surface area contributed by atoms with Gasteiger partial charge in [0.15, 0.2) is 5.78 Å². The number of hydrogen-bond acceptors (Lipinski definition) is 6. The van der Waals surface area contributed by atoms with Crippen molar-refractivity contribution in [3.05, 3.63) is 23.8 Å². The predicted molar refractivity (Wildman–Crippen MR) is 95.3 cm³/mol. The molecular weight excluding hydrogens is 348 g/mol. The van der Waals surface area contributed by atoms with E-state index in [2.05, 4.69) is 19.1 Å². The lowest BCUT2D eigenvalue weighted by molar-refractivity contribution is -0.153. The molecule has 2 fully saturated rings. The normalized spacial score (nSPS) is 43.4. The fourth-order valence-corrected chi connectivity index (χ4v) is 5.48. The molecule has 5 aliphatic rings. The minimum atomic E-state index is -0.625. The maximum Gasteiger partial charge on any atom is 0.341 e. The third kappa shape index (κ3) is 3.35. The number of Topliss-reactive ketones (excluding diaryl/α,β-unsaturated/α-hetero) is 1. The van der Waals surface area contributed by atoms with Crippen molar-refractivity contribution in [1.29, 1.82) is 0 Å². The number of ketones is 1. The van der Waals surface area contributed by atoms with Gasteiger partial charge in [-0.1, -0.05) is 25.2 Å². The molecule has 0 amide bonds. The number of fused-ring (bicyclic) bond motifs is 5. The van der Waals surface area contributed by atoms with Crippen LogP contribution in [0.2, 0.25) is 0 Å². The van der Waals surface area contributed by atoms with E-state index in [-0.39, 0.29) is 59.4 Å². The monoisotopic (exact) mass is 374 g/mol. The van der Waals surface area contributed by atoms with Crippen molar-refractivity contribution in [2.45, 2.75) is 57.8 Å².